The summed E-state index contributed by atoms with van der Waals surface area (Å²) in [5.74, 6) is 0.490. The quantitative estimate of drug-likeness (QED) is 0.618. The Kier molecular flexibility index (Phi) is 2.90. The minimum Gasteiger partial charge on any atom is -0.453 e. The van der Waals surface area contributed by atoms with Gasteiger partial charge in [0, 0.05) is 11.6 Å². The zero-order chi connectivity index (χ0) is 14.3. The second-order valence-corrected chi connectivity index (χ2v) is 4.45. The van der Waals surface area contributed by atoms with Gasteiger partial charge >= 0.3 is 6.18 Å². The maximum atomic E-state index is 12.6. The summed E-state index contributed by atoms with van der Waals surface area (Å²) in [7, 11) is 0. The molecule has 3 aromatic rings. The molecule has 0 aliphatic rings. The summed E-state index contributed by atoms with van der Waals surface area (Å²) < 4.78 is 43.2. The van der Waals surface area contributed by atoms with E-state index in [1.807, 2.05) is 0 Å². The van der Waals surface area contributed by atoms with Gasteiger partial charge in [-0.1, -0.05) is 17.7 Å². The Hall–Kier alpha value is -2.08. The summed E-state index contributed by atoms with van der Waals surface area (Å²) in [6.07, 6.45) is -2.97. The largest absolute Gasteiger partial charge is 0.453 e. The topological polar surface area (TPSA) is 38.9 Å². The second kappa shape index (κ2) is 4.49. The minimum absolute atomic E-state index is 0.124. The van der Waals surface area contributed by atoms with Crippen molar-refractivity contribution in [1.29, 1.82) is 0 Å². The summed E-state index contributed by atoms with van der Waals surface area (Å²) in [4.78, 5) is 7.91. The number of aromatic nitrogens is 2. The van der Waals surface area contributed by atoms with Gasteiger partial charge in [-0.15, -0.1) is 0 Å². The highest BCUT2D eigenvalue weighted by Gasteiger charge is 2.31. The van der Waals surface area contributed by atoms with Crippen molar-refractivity contribution in [3.05, 3.63) is 47.2 Å². The molecule has 2 aromatic heterocycles. The molecule has 1 aromatic carbocycles. The molecule has 0 unspecified atom stereocenters. The molecule has 2 heterocycles. The van der Waals surface area contributed by atoms with Crippen molar-refractivity contribution >= 4 is 22.6 Å². The normalized spacial score (nSPS) is 12.0. The summed E-state index contributed by atoms with van der Waals surface area (Å²) in [5.41, 5.74) is -0.642. The third-order valence-electron chi connectivity index (χ3n) is 2.69. The number of hydrogen-bond acceptors (Lipinski definition) is 3. The first kappa shape index (κ1) is 12.9. The standard InChI is InChI=1S/C13H6ClF3N2O/c14-11-3-4-18-12(19-11)10-5-7-1-2-8(13(15,16)17)6-9(7)20-10/h1-6H. The number of rotatable bonds is 1. The number of alkyl halides is 3. The Labute approximate surface area is 116 Å². The van der Waals surface area contributed by atoms with Crippen LogP contribution in [0.2, 0.25) is 5.15 Å². The molecule has 102 valence electrons. The SMILES string of the molecule is FC(F)(F)c1ccc2cc(-c3nccc(Cl)n3)oc2c1. The molecular weight excluding hydrogens is 293 g/mol. The summed E-state index contributed by atoms with van der Waals surface area (Å²) in [6.45, 7) is 0. The van der Waals surface area contributed by atoms with Crippen LogP contribution in [0.4, 0.5) is 13.2 Å². The van der Waals surface area contributed by atoms with E-state index in [4.69, 9.17) is 16.0 Å². The first-order chi connectivity index (χ1) is 9.43. The molecule has 0 amide bonds. The first-order valence-electron chi connectivity index (χ1n) is 5.53. The molecule has 0 aliphatic heterocycles. The van der Waals surface area contributed by atoms with Crippen LogP contribution in [0.25, 0.3) is 22.6 Å². The van der Waals surface area contributed by atoms with Crippen molar-refractivity contribution in [3.63, 3.8) is 0 Å². The van der Waals surface area contributed by atoms with E-state index in [0.717, 1.165) is 12.1 Å². The highest BCUT2D eigenvalue weighted by molar-refractivity contribution is 6.29. The number of nitrogens with zero attached hydrogens (tertiary/aromatic N) is 2. The lowest BCUT2D eigenvalue weighted by Crippen LogP contribution is -2.03. The van der Waals surface area contributed by atoms with Gasteiger partial charge in [-0.2, -0.15) is 13.2 Å². The monoisotopic (exact) mass is 298 g/mol. The zero-order valence-electron chi connectivity index (χ0n) is 9.78. The van der Waals surface area contributed by atoms with Crippen molar-refractivity contribution in [1.82, 2.24) is 9.97 Å². The number of hydrogen-bond donors (Lipinski definition) is 0. The van der Waals surface area contributed by atoms with Crippen LogP contribution < -0.4 is 0 Å². The van der Waals surface area contributed by atoms with Crippen LogP contribution >= 0.6 is 11.6 Å². The van der Waals surface area contributed by atoms with Crippen LogP contribution in [0.5, 0.6) is 0 Å². The Balaban J connectivity index is 2.11. The van der Waals surface area contributed by atoms with E-state index < -0.39 is 11.7 Å². The van der Waals surface area contributed by atoms with Gasteiger partial charge in [0.25, 0.3) is 0 Å². The van der Waals surface area contributed by atoms with Crippen molar-refractivity contribution in [2.75, 3.05) is 0 Å². The maximum Gasteiger partial charge on any atom is 0.416 e. The number of fused-ring (bicyclic) bond motifs is 1. The van der Waals surface area contributed by atoms with Gasteiger partial charge in [-0.3, -0.25) is 0 Å². The van der Waals surface area contributed by atoms with Gasteiger partial charge in [0.2, 0.25) is 0 Å². The van der Waals surface area contributed by atoms with E-state index >= 15 is 0 Å². The van der Waals surface area contributed by atoms with E-state index in [2.05, 4.69) is 9.97 Å². The fourth-order valence-corrected chi connectivity index (χ4v) is 1.91. The molecule has 0 saturated heterocycles. The highest BCUT2D eigenvalue weighted by atomic mass is 35.5. The molecule has 3 rings (SSSR count). The Morgan fingerprint density at radius 3 is 2.60 bits per heavy atom. The number of benzene rings is 1. The van der Waals surface area contributed by atoms with Crippen molar-refractivity contribution in [2.24, 2.45) is 0 Å². The van der Waals surface area contributed by atoms with Crippen LogP contribution in [0.3, 0.4) is 0 Å². The van der Waals surface area contributed by atoms with Crippen LogP contribution in [0.1, 0.15) is 5.56 Å². The van der Waals surface area contributed by atoms with Crippen LogP contribution in [-0.2, 0) is 6.18 Å². The van der Waals surface area contributed by atoms with Gasteiger partial charge in [0.05, 0.1) is 5.56 Å². The van der Waals surface area contributed by atoms with Crippen molar-refractivity contribution in [3.8, 4) is 11.6 Å². The summed E-state index contributed by atoms with van der Waals surface area (Å²) in [5, 5.41) is 0.767. The molecule has 7 heteroatoms. The fourth-order valence-electron chi connectivity index (χ4n) is 1.77. The minimum atomic E-state index is -4.41. The van der Waals surface area contributed by atoms with Crippen LogP contribution in [0, 0.1) is 0 Å². The molecule has 20 heavy (non-hydrogen) atoms. The molecule has 0 radical (unpaired) electrons. The van der Waals surface area contributed by atoms with Gasteiger partial charge in [0.15, 0.2) is 11.6 Å². The molecule has 0 atom stereocenters. The van der Waals surface area contributed by atoms with E-state index in [1.54, 1.807) is 6.07 Å². The average molecular weight is 299 g/mol. The third kappa shape index (κ3) is 2.34. The zero-order valence-corrected chi connectivity index (χ0v) is 10.5. The van der Waals surface area contributed by atoms with Crippen molar-refractivity contribution < 1.29 is 17.6 Å². The van der Waals surface area contributed by atoms with Gasteiger partial charge < -0.3 is 4.42 Å². The molecule has 0 aliphatic carbocycles. The molecule has 0 fully saturated rings. The lowest BCUT2D eigenvalue weighted by molar-refractivity contribution is -0.137. The molecule has 0 saturated carbocycles. The predicted molar refractivity (Wildman–Crippen MR) is 67.3 cm³/mol. The van der Waals surface area contributed by atoms with Crippen LogP contribution in [0.15, 0.2) is 40.9 Å². The predicted octanol–water partition coefficient (Wildman–Crippen LogP) is 4.56. The lowest BCUT2D eigenvalue weighted by Gasteiger charge is -2.04. The smallest absolute Gasteiger partial charge is 0.416 e. The van der Waals surface area contributed by atoms with E-state index in [1.165, 1.54) is 18.3 Å². The van der Waals surface area contributed by atoms with Crippen LogP contribution in [-0.4, -0.2) is 9.97 Å². The Morgan fingerprint density at radius 1 is 1.10 bits per heavy atom. The second-order valence-electron chi connectivity index (χ2n) is 4.06. The lowest BCUT2D eigenvalue weighted by atomic mass is 10.1. The molecular formula is C13H6ClF3N2O. The summed E-state index contributed by atoms with van der Waals surface area (Å²) in [6, 6.07) is 6.36. The van der Waals surface area contributed by atoms with Gasteiger partial charge in [-0.25, -0.2) is 9.97 Å². The van der Waals surface area contributed by atoms with Gasteiger partial charge in [0.1, 0.15) is 10.7 Å². The maximum absolute atomic E-state index is 12.6. The summed E-state index contributed by atoms with van der Waals surface area (Å²) >= 11 is 5.74. The third-order valence-corrected chi connectivity index (χ3v) is 2.90. The highest BCUT2D eigenvalue weighted by Crippen LogP contribution is 2.33. The van der Waals surface area contributed by atoms with E-state index in [0.29, 0.717) is 5.39 Å². The van der Waals surface area contributed by atoms with E-state index in [9.17, 15) is 13.2 Å². The number of furan rings is 1. The first-order valence-corrected chi connectivity index (χ1v) is 5.91. The molecule has 0 bridgehead atoms. The molecule has 3 nitrogen and oxygen atoms in total. The number of halogens is 4. The fraction of sp³-hybridized carbons (Fsp3) is 0.0769. The Bertz CT molecular complexity index is 783. The van der Waals surface area contributed by atoms with Gasteiger partial charge in [-0.05, 0) is 24.3 Å². The van der Waals surface area contributed by atoms with E-state index in [-0.39, 0.29) is 22.3 Å². The molecule has 0 spiro atoms. The Morgan fingerprint density at radius 2 is 1.90 bits per heavy atom. The molecule has 0 N–H and O–H groups in total. The van der Waals surface area contributed by atoms with Crippen molar-refractivity contribution in [2.45, 2.75) is 6.18 Å². The average Bonchev–Trinajstić information content (AvgIpc) is 2.80.